The van der Waals surface area contributed by atoms with Crippen LogP contribution in [0.25, 0.3) is 0 Å². The molecule has 2 rings (SSSR count). The quantitative estimate of drug-likeness (QED) is 0.858. The SMILES string of the molecule is CC(C)c1cc(C2(C(C)N)CC2)c(F)cc1F. The molecule has 3 heteroatoms. The molecule has 0 aliphatic heterocycles. The molecule has 0 amide bonds. The Bertz CT molecular complexity index is 434. The van der Waals surface area contributed by atoms with Gasteiger partial charge in [0.05, 0.1) is 0 Å². The van der Waals surface area contributed by atoms with Gasteiger partial charge in [0.15, 0.2) is 0 Å². The van der Waals surface area contributed by atoms with Crippen LogP contribution < -0.4 is 5.73 Å². The van der Waals surface area contributed by atoms with Crippen molar-refractivity contribution < 1.29 is 8.78 Å². The standard InChI is InChI=1S/C14H19F2N/c1-8(2)10-6-11(13(16)7-12(10)15)14(4-5-14)9(3)17/h6-9H,4-5,17H2,1-3H3. The number of benzene rings is 1. The molecule has 0 spiro atoms. The monoisotopic (exact) mass is 239 g/mol. The van der Waals surface area contributed by atoms with Crippen molar-refractivity contribution in [1.82, 2.24) is 0 Å². The highest BCUT2D eigenvalue weighted by molar-refractivity contribution is 5.39. The van der Waals surface area contributed by atoms with Gasteiger partial charge in [0, 0.05) is 17.5 Å². The highest BCUT2D eigenvalue weighted by Gasteiger charge is 2.49. The van der Waals surface area contributed by atoms with Crippen molar-refractivity contribution in [2.75, 3.05) is 0 Å². The third kappa shape index (κ3) is 1.97. The lowest BCUT2D eigenvalue weighted by Gasteiger charge is -2.22. The lowest BCUT2D eigenvalue weighted by atomic mass is 9.86. The van der Waals surface area contributed by atoms with Crippen LogP contribution in [0.3, 0.4) is 0 Å². The van der Waals surface area contributed by atoms with Crippen LogP contribution in [-0.4, -0.2) is 6.04 Å². The molecule has 1 saturated carbocycles. The summed E-state index contributed by atoms with van der Waals surface area (Å²) in [6.07, 6.45) is 1.79. The molecule has 94 valence electrons. The van der Waals surface area contributed by atoms with Gasteiger partial charge in [-0.25, -0.2) is 8.78 Å². The highest BCUT2D eigenvalue weighted by atomic mass is 19.1. The van der Waals surface area contributed by atoms with Crippen molar-refractivity contribution in [3.05, 3.63) is 34.9 Å². The van der Waals surface area contributed by atoms with Gasteiger partial charge in [-0.3, -0.25) is 0 Å². The van der Waals surface area contributed by atoms with Gasteiger partial charge in [-0.1, -0.05) is 13.8 Å². The Morgan fingerprint density at radius 3 is 2.12 bits per heavy atom. The van der Waals surface area contributed by atoms with E-state index in [1.165, 1.54) is 0 Å². The average Bonchev–Trinajstić information content (AvgIpc) is 2.97. The molecule has 2 N–H and O–H groups in total. The summed E-state index contributed by atoms with van der Waals surface area (Å²) in [5.41, 5.74) is 6.85. The molecule has 1 aromatic carbocycles. The molecule has 0 heterocycles. The number of hydrogen-bond donors (Lipinski definition) is 1. The maximum atomic E-state index is 13.9. The molecule has 1 fully saturated rings. The van der Waals surface area contributed by atoms with Gasteiger partial charge in [0.25, 0.3) is 0 Å². The third-order valence-electron chi connectivity index (χ3n) is 3.91. The van der Waals surface area contributed by atoms with E-state index in [0.29, 0.717) is 11.1 Å². The fourth-order valence-corrected chi connectivity index (χ4v) is 2.49. The van der Waals surface area contributed by atoms with Gasteiger partial charge in [-0.15, -0.1) is 0 Å². The lowest BCUT2D eigenvalue weighted by molar-refractivity contribution is 0.498. The molecule has 1 aliphatic carbocycles. The minimum Gasteiger partial charge on any atom is -0.327 e. The predicted octanol–water partition coefficient (Wildman–Crippen LogP) is 3.47. The van der Waals surface area contributed by atoms with Crippen LogP contribution in [0.15, 0.2) is 12.1 Å². The van der Waals surface area contributed by atoms with Gasteiger partial charge in [-0.2, -0.15) is 0 Å². The second kappa shape index (κ2) is 4.05. The highest BCUT2D eigenvalue weighted by Crippen LogP contribution is 2.51. The van der Waals surface area contributed by atoms with Crippen LogP contribution in [-0.2, 0) is 5.41 Å². The number of halogens is 2. The molecule has 0 bridgehead atoms. The maximum Gasteiger partial charge on any atom is 0.129 e. The fourth-order valence-electron chi connectivity index (χ4n) is 2.49. The molecular formula is C14H19F2N. The number of nitrogens with two attached hydrogens (primary N) is 1. The van der Waals surface area contributed by atoms with Crippen molar-refractivity contribution in [1.29, 1.82) is 0 Å². The first kappa shape index (κ1) is 12.5. The van der Waals surface area contributed by atoms with Crippen LogP contribution in [0.1, 0.15) is 50.7 Å². The number of rotatable bonds is 3. The topological polar surface area (TPSA) is 26.0 Å². The predicted molar refractivity (Wildman–Crippen MR) is 65.0 cm³/mol. The smallest absolute Gasteiger partial charge is 0.129 e. The van der Waals surface area contributed by atoms with Crippen LogP contribution in [0, 0.1) is 11.6 Å². The molecular weight excluding hydrogens is 220 g/mol. The Morgan fingerprint density at radius 2 is 1.71 bits per heavy atom. The summed E-state index contributed by atoms with van der Waals surface area (Å²) in [5.74, 6) is -0.860. The second-order valence-corrected chi connectivity index (χ2v) is 5.45. The minimum atomic E-state index is -0.457. The zero-order valence-electron chi connectivity index (χ0n) is 10.6. The summed E-state index contributed by atoms with van der Waals surface area (Å²) in [6, 6.07) is 2.58. The third-order valence-corrected chi connectivity index (χ3v) is 3.91. The fraction of sp³-hybridized carbons (Fsp3) is 0.571. The Morgan fingerprint density at radius 1 is 1.12 bits per heavy atom. The molecule has 1 aromatic rings. The zero-order valence-corrected chi connectivity index (χ0v) is 10.6. The maximum absolute atomic E-state index is 13.9. The van der Waals surface area contributed by atoms with Crippen molar-refractivity contribution in [3.8, 4) is 0 Å². The van der Waals surface area contributed by atoms with E-state index in [1.54, 1.807) is 6.07 Å². The molecule has 0 saturated heterocycles. The molecule has 1 aliphatic rings. The van der Waals surface area contributed by atoms with Crippen molar-refractivity contribution >= 4 is 0 Å². The molecule has 1 atom stereocenters. The largest absolute Gasteiger partial charge is 0.327 e. The van der Waals surface area contributed by atoms with Gasteiger partial charge < -0.3 is 5.73 Å². The summed E-state index contributed by atoms with van der Waals surface area (Å²) in [4.78, 5) is 0. The van der Waals surface area contributed by atoms with Crippen LogP contribution in [0.4, 0.5) is 8.78 Å². The Hall–Kier alpha value is -0.960. The van der Waals surface area contributed by atoms with Gasteiger partial charge in [0.2, 0.25) is 0 Å². The van der Waals surface area contributed by atoms with Crippen LogP contribution >= 0.6 is 0 Å². The van der Waals surface area contributed by atoms with E-state index in [9.17, 15) is 8.78 Å². The van der Waals surface area contributed by atoms with Crippen LogP contribution in [0.5, 0.6) is 0 Å². The van der Waals surface area contributed by atoms with Gasteiger partial charge in [0.1, 0.15) is 11.6 Å². The summed E-state index contributed by atoms with van der Waals surface area (Å²) < 4.78 is 27.5. The Balaban J connectivity index is 2.52. The molecule has 1 nitrogen and oxygen atoms in total. The first-order valence-corrected chi connectivity index (χ1v) is 6.13. The Kier molecular flexibility index (Phi) is 2.98. The molecule has 0 radical (unpaired) electrons. The van der Waals surface area contributed by atoms with Crippen LogP contribution in [0.2, 0.25) is 0 Å². The zero-order chi connectivity index (χ0) is 12.8. The van der Waals surface area contributed by atoms with Gasteiger partial charge in [-0.05, 0) is 42.9 Å². The van der Waals surface area contributed by atoms with E-state index in [-0.39, 0.29) is 17.4 Å². The Labute approximate surface area is 101 Å². The van der Waals surface area contributed by atoms with E-state index in [0.717, 1.165) is 18.9 Å². The molecule has 17 heavy (non-hydrogen) atoms. The van der Waals surface area contributed by atoms with E-state index in [2.05, 4.69) is 0 Å². The lowest BCUT2D eigenvalue weighted by Crippen LogP contribution is -2.32. The summed E-state index contributed by atoms with van der Waals surface area (Å²) in [5, 5.41) is 0. The molecule has 0 aromatic heterocycles. The van der Waals surface area contributed by atoms with E-state index in [4.69, 9.17) is 5.73 Å². The summed E-state index contributed by atoms with van der Waals surface area (Å²) >= 11 is 0. The molecule has 1 unspecified atom stereocenters. The second-order valence-electron chi connectivity index (χ2n) is 5.45. The van der Waals surface area contributed by atoms with E-state index < -0.39 is 11.6 Å². The first-order valence-electron chi connectivity index (χ1n) is 6.13. The first-order chi connectivity index (χ1) is 7.88. The van der Waals surface area contributed by atoms with Gasteiger partial charge >= 0.3 is 0 Å². The normalized spacial score (nSPS) is 19.5. The van der Waals surface area contributed by atoms with Crippen molar-refractivity contribution in [3.63, 3.8) is 0 Å². The minimum absolute atomic E-state index is 0.0539. The summed E-state index contributed by atoms with van der Waals surface area (Å²) in [7, 11) is 0. The average molecular weight is 239 g/mol. The van der Waals surface area contributed by atoms with E-state index >= 15 is 0 Å². The summed E-state index contributed by atoms with van der Waals surface area (Å²) in [6.45, 7) is 5.71. The van der Waals surface area contributed by atoms with E-state index in [1.807, 2.05) is 20.8 Å². The van der Waals surface area contributed by atoms with Crippen molar-refractivity contribution in [2.45, 2.75) is 51.0 Å². The number of hydrogen-bond acceptors (Lipinski definition) is 1. The van der Waals surface area contributed by atoms with Crippen molar-refractivity contribution in [2.24, 2.45) is 5.73 Å².